The van der Waals surface area contributed by atoms with E-state index in [1.165, 1.54) is 4.90 Å². The van der Waals surface area contributed by atoms with Crippen LogP contribution in [-0.4, -0.2) is 35.7 Å². The maximum atomic E-state index is 13.4. The molecule has 1 aromatic heterocycles. The molecule has 0 aromatic carbocycles. The largest absolute Gasteiger partial charge is 0.427 e. The Morgan fingerprint density at radius 2 is 2.16 bits per heavy atom. The standard InChI is InChI=1S/C10H11F5N2OS/c11-9(12)1-2-17(4-6(9)5-18)8-16-3-7(19-8)10(13,14)15/h3,6,18H,1-2,4-5H2. The van der Waals surface area contributed by atoms with Crippen molar-refractivity contribution in [3.05, 3.63) is 11.1 Å². The number of piperidine rings is 1. The molecule has 19 heavy (non-hydrogen) atoms. The summed E-state index contributed by atoms with van der Waals surface area (Å²) in [5, 5.41) is 8.98. The number of alkyl halides is 5. The molecule has 0 saturated carbocycles. The minimum atomic E-state index is -4.48. The van der Waals surface area contributed by atoms with Crippen molar-refractivity contribution in [3.63, 3.8) is 0 Å². The molecule has 1 N–H and O–H groups in total. The van der Waals surface area contributed by atoms with E-state index in [2.05, 4.69) is 4.98 Å². The summed E-state index contributed by atoms with van der Waals surface area (Å²) in [4.78, 5) is 4.12. The third-order valence-corrected chi connectivity index (χ3v) is 4.12. The number of aliphatic hydroxyl groups excluding tert-OH is 1. The van der Waals surface area contributed by atoms with Gasteiger partial charge in [0.1, 0.15) is 4.88 Å². The second-order valence-corrected chi connectivity index (χ2v) is 5.35. The van der Waals surface area contributed by atoms with Crippen molar-refractivity contribution in [2.45, 2.75) is 18.5 Å². The summed E-state index contributed by atoms with van der Waals surface area (Å²) in [6.07, 6.45) is -4.29. The summed E-state index contributed by atoms with van der Waals surface area (Å²) < 4.78 is 64.0. The Morgan fingerprint density at radius 1 is 1.47 bits per heavy atom. The van der Waals surface area contributed by atoms with Crippen molar-refractivity contribution in [2.75, 3.05) is 24.6 Å². The minimum Gasteiger partial charge on any atom is -0.396 e. The van der Waals surface area contributed by atoms with Gasteiger partial charge in [-0.2, -0.15) is 13.2 Å². The van der Waals surface area contributed by atoms with Crippen LogP contribution in [0.25, 0.3) is 0 Å². The second-order valence-electron chi connectivity index (χ2n) is 4.34. The number of halogens is 5. The lowest BCUT2D eigenvalue weighted by Gasteiger charge is -2.37. The number of anilines is 1. The first-order chi connectivity index (χ1) is 8.74. The van der Waals surface area contributed by atoms with Crippen LogP contribution in [0.3, 0.4) is 0 Å². The number of nitrogens with zero attached hydrogens (tertiary/aromatic N) is 2. The summed E-state index contributed by atoms with van der Waals surface area (Å²) in [7, 11) is 0. The molecular formula is C10H11F5N2OS. The average Bonchev–Trinajstić information content (AvgIpc) is 2.77. The van der Waals surface area contributed by atoms with Crippen molar-refractivity contribution in [1.29, 1.82) is 0 Å². The molecule has 0 bridgehead atoms. The van der Waals surface area contributed by atoms with Gasteiger partial charge in [0.25, 0.3) is 5.92 Å². The fraction of sp³-hybridized carbons (Fsp3) is 0.700. The Bertz CT molecular complexity index is 447. The van der Waals surface area contributed by atoms with Gasteiger partial charge in [0.05, 0.1) is 18.7 Å². The van der Waals surface area contributed by atoms with Crippen LogP contribution in [0.2, 0.25) is 0 Å². The highest BCUT2D eigenvalue weighted by atomic mass is 32.1. The zero-order valence-electron chi connectivity index (χ0n) is 9.62. The van der Waals surface area contributed by atoms with Gasteiger partial charge < -0.3 is 10.0 Å². The van der Waals surface area contributed by atoms with Crippen LogP contribution in [0, 0.1) is 5.92 Å². The van der Waals surface area contributed by atoms with Crippen LogP contribution in [-0.2, 0) is 6.18 Å². The van der Waals surface area contributed by atoms with Gasteiger partial charge in [0.15, 0.2) is 5.13 Å². The smallest absolute Gasteiger partial charge is 0.396 e. The lowest BCUT2D eigenvalue weighted by Crippen LogP contribution is -2.48. The highest BCUT2D eigenvalue weighted by Crippen LogP contribution is 2.39. The van der Waals surface area contributed by atoms with Crippen molar-refractivity contribution in [3.8, 4) is 0 Å². The summed E-state index contributed by atoms with van der Waals surface area (Å²) in [5.74, 6) is -4.27. The van der Waals surface area contributed by atoms with Crippen molar-refractivity contribution in [2.24, 2.45) is 5.92 Å². The Balaban J connectivity index is 2.13. The number of hydrogen-bond acceptors (Lipinski definition) is 4. The van der Waals surface area contributed by atoms with Crippen molar-refractivity contribution >= 4 is 16.5 Å². The first kappa shape index (κ1) is 14.4. The predicted molar refractivity (Wildman–Crippen MR) is 59.5 cm³/mol. The first-order valence-electron chi connectivity index (χ1n) is 5.50. The molecule has 0 amide bonds. The molecule has 0 spiro atoms. The molecule has 9 heteroatoms. The van der Waals surface area contributed by atoms with E-state index in [-0.39, 0.29) is 18.2 Å². The molecule has 0 aliphatic carbocycles. The average molecular weight is 302 g/mol. The van der Waals surface area contributed by atoms with E-state index in [4.69, 9.17) is 5.11 Å². The van der Waals surface area contributed by atoms with Crippen LogP contribution in [0.15, 0.2) is 6.20 Å². The van der Waals surface area contributed by atoms with Crippen LogP contribution in [0.5, 0.6) is 0 Å². The molecule has 2 rings (SSSR count). The molecule has 3 nitrogen and oxygen atoms in total. The molecule has 0 radical (unpaired) electrons. The number of aromatic nitrogens is 1. The van der Waals surface area contributed by atoms with Gasteiger partial charge in [-0.05, 0) is 0 Å². The number of hydrogen-bond donors (Lipinski definition) is 1. The van der Waals surface area contributed by atoms with Crippen LogP contribution in [0.1, 0.15) is 11.3 Å². The van der Waals surface area contributed by atoms with Gasteiger partial charge in [-0.3, -0.25) is 0 Å². The fourth-order valence-electron chi connectivity index (χ4n) is 1.89. The third kappa shape index (κ3) is 2.97. The molecule has 1 unspecified atom stereocenters. The monoisotopic (exact) mass is 302 g/mol. The van der Waals surface area contributed by atoms with Crippen molar-refractivity contribution in [1.82, 2.24) is 4.98 Å². The molecule has 1 aromatic rings. The van der Waals surface area contributed by atoms with Gasteiger partial charge in [-0.25, -0.2) is 13.8 Å². The zero-order valence-corrected chi connectivity index (χ0v) is 10.4. The molecule has 1 fully saturated rings. The maximum Gasteiger partial charge on any atom is 0.427 e. The Morgan fingerprint density at radius 3 is 2.68 bits per heavy atom. The number of rotatable bonds is 2. The van der Waals surface area contributed by atoms with E-state index in [9.17, 15) is 22.0 Å². The molecule has 1 aliphatic rings. The Hall–Kier alpha value is -0.960. The number of thiazole rings is 1. The Kier molecular flexibility index (Phi) is 3.69. The molecular weight excluding hydrogens is 291 g/mol. The SMILES string of the molecule is OCC1CN(c2ncc(C(F)(F)F)s2)CCC1(F)F. The minimum absolute atomic E-state index is 0.0567. The summed E-state index contributed by atoms with van der Waals surface area (Å²) in [6, 6.07) is 0. The van der Waals surface area contributed by atoms with Gasteiger partial charge in [0, 0.05) is 19.5 Å². The fourth-order valence-corrected chi connectivity index (χ4v) is 2.70. The van der Waals surface area contributed by atoms with E-state index in [0.29, 0.717) is 17.5 Å². The molecule has 1 atom stereocenters. The third-order valence-electron chi connectivity index (χ3n) is 3.02. The summed E-state index contributed by atoms with van der Waals surface area (Å²) >= 11 is 0.422. The van der Waals surface area contributed by atoms with Crippen molar-refractivity contribution < 1.29 is 27.1 Å². The van der Waals surface area contributed by atoms with Crippen LogP contribution in [0.4, 0.5) is 27.1 Å². The van der Waals surface area contributed by atoms with E-state index in [1.54, 1.807) is 0 Å². The molecule has 1 saturated heterocycles. The first-order valence-corrected chi connectivity index (χ1v) is 6.32. The molecule has 1 aliphatic heterocycles. The van der Waals surface area contributed by atoms with E-state index < -0.39 is 35.9 Å². The summed E-state index contributed by atoms with van der Waals surface area (Å²) in [5.41, 5.74) is 0. The van der Waals surface area contributed by atoms with E-state index in [0.717, 1.165) is 0 Å². The molecule has 108 valence electrons. The van der Waals surface area contributed by atoms with Gasteiger partial charge in [0.2, 0.25) is 0 Å². The van der Waals surface area contributed by atoms with Gasteiger partial charge in [-0.15, -0.1) is 0 Å². The van der Waals surface area contributed by atoms with Crippen LogP contribution >= 0.6 is 11.3 Å². The maximum absolute atomic E-state index is 13.4. The zero-order chi connectivity index (χ0) is 14.3. The normalized spacial score (nSPS) is 23.7. The number of aliphatic hydroxyl groups is 1. The van der Waals surface area contributed by atoms with Gasteiger partial charge in [-0.1, -0.05) is 11.3 Å². The highest BCUT2D eigenvalue weighted by molar-refractivity contribution is 7.15. The summed E-state index contributed by atoms with van der Waals surface area (Å²) in [6.45, 7) is -0.983. The predicted octanol–water partition coefficient (Wildman–Crippen LogP) is 2.62. The second kappa shape index (κ2) is 4.86. The highest BCUT2D eigenvalue weighted by Gasteiger charge is 2.44. The van der Waals surface area contributed by atoms with Gasteiger partial charge >= 0.3 is 6.18 Å². The van der Waals surface area contributed by atoms with E-state index in [1.807, 2.05) is 0 Å². The lowest BCUT2D eigenvalue weighted by molar-refractivity contribution is -0.134. The van der Waals surface area contributed by atoms with E-state index >= 15 is 0 Å². The Labute approximate surface area is 109 Å². The quantitative estimate of drug-likeness (QED) is 0.853. The topological polar surface area (TPSA) is 36.4 Å². The molecule has 2 heterocycles. The van der Waals surface area contributed by atoms with Crippen LogP contribution < -0.4 is 4.90 Å². The lowest BCUT2D eigenvalue weighted by atomic mass is 9.95.